The molecule has 6 nitrogen and oxygen atoms in total. The van der Waals surface area contributed by atoms with Crippen LogP contribution >= 0.6 is 0 Å². The van der Waals surface area contributed by atoms with Gasteiger partial charge in [0.05, 0.1) is 31.8 Å². The van der Waals surface area contributed by atoms with Gasteiger partial charge in [-0.15, -0.1) is 26.3 Å². The Morgan fingerprint density at radius 1 is 0.593 bits per heavy atom. The SMILES string of the molecule is C.C.C=C.C=C.[CH2-]COCC(COC[CH2-])(COO[CH2-])COO[CH2-].[Y].[Y].[Y].[Y]. The smallest absolute Gasteiger partial charge is 0.0911 e. The number of hydrogen-bond donors (Lipinski definition) is 0. The Bertz CT molecular complexity index is 167. The molecule has 0 amide bonds. The van der Waals surface area contributed by atoms with Crippen LogP contribution in [0.25, 0.3) is 0 Å². The monoisotopic (exact) mass is 692 g/mol. The van der Waals surface area contributed by atoms with Crippen molar-refractivity contribution in [3.05, 3.63) is 54.4 Å². The van der Waals surface area contributed by atoms with Gasteiger partial charge in [0.2, 0.25) is 0 Å². The van der Waals surface area contributed by atoms with E-state index in [-0.39, 0.29) is 159 Å². The maximum atomic E-state index is 5.27. The topological polar surface area (TPSA) is 55.4 Å². The fraction of sp³-hybridized carbons (Fsp3) is 0.529. The van der Waals surface area contributed by atoms with Crippen molar-refractivity contribution in [2.75, 3.05) is 39.6 Å². The van der Waals surface area contributed by atoms with Crippen LogP contribution < -0.4 is 0 Å². The Kier molecular flexibility index (Phi) is 111. The van der Waals surface area contributed by atoms with Crippen LogP contribution in [0.4, 0.5) is 0 Å². The van der Waals surface area contributed by atoms with Crippen LogP contribution in [0.2, 0.25) is 0 Å². The second kappa shape index (κ2) is 51.9. The third kappa shape index (κ3) is 40.5. The molecule has 0 atom stereocenters. The molecule has 156 valence electrons. The Hall–Kier alpha value is 3.66. The molecule has 0 aromatic heterocycles. The maximum Gasteiger partial charge on any atom is 0.0911 e. The van der Waals surface area contributed by atoms with Crippen molar-refractivity contribution in [2.45, 2.75) is 14.9 Å². The molecule has 0 fully saturated rings. The summed E-state index contributed by atoms with van der Waals surface area (Å²) in [5.41, 5.74) is -0.593. The van der Waals surface area contributed by atoms with Crippen LogP contribution in [0.1, 0.15) is 14.9 Å². The molecule has 0 unspecified atom stereocenters. The summed E-state index contributed by atoms with van der Waals surface area (Å²) in [6.45, 7) is 20.8. The van der Waals surface area contributed by atoms with E-state index in [1.165, 1.54) is 0 Å². The zero-order valence-electron chi connectivity index (χ0n) is 15.2. The first kappa shape index (κ1) is 57.5. The predicted octanol–water partition coefficient (Wildman–Crippen LogP) is 4.02. The van der Waals surface area contributed by atoms with Crippen molar-refractivity contribution in [3.8, 4) is 0 Å². The third-order valence-electron chi connectivity index (χ3n) is 2.00. The summed E-state index contributed by atoms with van der Waals surface area (Å²) < 4.78 is 10.5. The van der Waals surface area contributed by atoms with E-state index in [0.29, 0.717) is 26.4 Å². The standard InChI is InChI=1S/C11H20O6.2C2H4.2CH4.4Y/c1-5-14-7-11(8-15-6-2,9-16-12-3)10-17-13-4;2*1-2;;;;;;/h1-10H2;2*1-2H2;2*1H4;;;;/q-4;;;;;;;;. The van der Waals surface area contributed by atoms with E-state index in [2.05, 4.69) is 64.2 Å². The molecule has 4 radical (unpaired) electrons. The molecular formula is C17H36O6Y4-4. The summed E-state index contributed by atoms with van der Waals surface area (Å²) >= 11 is 0. The second-order valence-corrected chi connectivity index (χ2v) is 3.37. The molecule has 0 aliphatic carbocycles. The summed E-state index contributed by atoms with van der Waals surface area (Å²) in [5.74, 6) is 0. The maximum absolute atomic E-state index is 5.27. The van der Waals surface area contributed by atoms with E-state index < -0.39 is 5.41 Å². The van der Waals surface area contributed by atoms with Gasteiger partial charge in [-0.2, -0.15) is 14.2 Å². The van der Waals surface area contributed by atoms with Gasteiger partial charge in [-0.1, -0.05) is 28.1 Å². The molecule has 10 heteroatoms. The fourth-order valence-electron chi connectivity index (χ4n) is 1.16. The first-order chi connectivity index (χ1) is 10.2. The van der Waals surface area contributed by atoms with E-state index in [1.807, 2.05) is 0 Å². The zero-order chi connectivity index (χ0) is 17.0. The van der Waals surface area contributed by atoms with E-state index in [9.17, 15) is 0 Å². The summed E-state index contributed by atoms with van der Waals surface area (Å²) in [5, 5.41) is 0. The van der Waals surface area contributed by atoms with Gasteiger partial charge < -0.3 is 33.1 Å². The van der Waals surface area contributed by atoms with Crippen LogP contribution in [-0.4, -0.2) is 39.6 Å². The molecular weight excluding hydrogens is 656 g/mol. The molecule has 0 aromatic rings. The Labute approximate surface area is 269 Å². The predicted molar refractivity (Wildman–Crippen MR) is 95.5 cm³/mol. The molecule has 0 spiro atoms. The number of hydrogen-bond acceptors (Lipinski definition) is 6. The molecule has 0 aromatic carbocycles. The van der Waals surface area contributed by atoms with E-state index in [1.54, 1.807) is 0 Å². The molecule has 0 aliphatic rings. The normalized spacial score (nSPS) is 7.85. The molecule has 0 aliphatic heterocycles. The molecule has 0 N–H and O–H groups in total. The number of ether oxygens (including phenoxy) is 2. The average molecular weight is 692 g/mol. The second-order valence-electron chi connectivity index (χ2n) is 3.37. The Morgan fingerprint density at radius 2 is 0.852 bits per heavy atom. The zero-order valence-corrected chi connectivity index (χ0v) is 26.5. The average Bonchev–Trinajstić information content (AvgIpc) is 2.57. The molecule has 27 heavy (non-hydrogen) atoms. The van der Waals surface area contributed by atoms with Gasteiger partial charge in [-0.25, -0.2) is 0 Å². The van der Waals surface area contributed by atoms with E-state index >= 15 is 0 Å². The molecule has 0 heterocycles. The molecule has 0 rings (SSSR count). The Morgan fingerprint density at radius 3 is 1.04 bits per heavy atom. The molecule has 0 saturated heterocycles. The summed E-state index contributed by atoms with van der Waals surface area (Å²) in [6, 6.07) is 0. The minimum absolute atomic E-state index is 0. The summed E-state index contributed by atoms with van der Waals surface area (Å²) in [4.78, 5) is 18.3. The fourth-order valence-corrected chi connectivity index (χ4v) is 1.16. The van der Waals surface area contributed by atoms with Crippen molar-refractivity contribution in [2.24, 2.45) is 5.41 Å². The Balaban J connectivity index is -0.0000000432. The van der Waals surface area contributed by atoms with Crippen molar-refractivity contribution in [1.82, 2.24) is 0 Å². The van der Waals surface area contributed by atoms with Crippen LogP contribution in [0.5, 0.6) is 0 Å². The summed E-state index contributed by atoms with van der Waals surface area (Å²) in [6.07, 6.45) is 0. The van der Waals surface area contributed by atoms with Gasteiger partial charge >= 0.3 is 0 Å². The van der Waals surface area contributed by atoms with Gasteiger partial charge in [0.1, 0.15) is 0 Å². The molecule has 0 bridgehead atoms. The quantitative estimate of drug-likeness (QED) is 0.134. The minimum atomic E-state index is -0.593. The van der Waals surface area contributed by atoms with Crippen LogP contribution in [-0.2, 0) is 160 Å². The number of rotatable bonds is 12. The van der Waals surface area contributed by atoms with Crippen molar-refractivity contribution >= 4 is 0 Å². The van der Waals surface area contributed by atoms with Crippen molar-refractivity contribution in [3.63, 3.8) is 0 Å². The van der Waals surface area contributed by atoms with Gasteiger partial charge in [0, 0.05) is 131 Å². The largest absolute Gasteiger partial charge is 0.416 e. The minimum Gasteiger partial charge on any atom is -0.416 e. The van der Waals surface area contributed by atoms with Crippen molar-refractivity contribution in [1.29, 1.82) is 0 Å². The van der Waals surface area contributed by atoms with E-state index in [0.717, 1.165) is 0 Å². The van der Waals surface area contributed by atoms with Gasteiger partial charge in [-0.3, -0.25) is 9.78 Å². The van der Waals surface area contributed by atoms with Gasteiger partial charge in [0.25, 0.3) is 0 Å². The van der Waals surface area contributed by atoms with Crippen LogP contribution in [0, 0.1) is 33.5 Å². The van der Waals surface area contributed by atoms with Crippen molar-refractivity contribution < 1.29 is 160 Å². The van der Waals surface area contributed by atoms with Crippen LogP contribution in [0.15, 0.2) is 26.3 Å². The van der Waals surface area contributed by atoms with E-state index in [4.69, 9.17) is 19.2 Å². The first-order valence-electron chi connectivity index (χ1n) is 6.06. The third-order valence-corrected chi connectivity index (χ3v) is 2.00. The summed E-state index contributed by atoms with van der Waals surface area (Å²) in [7, 11) is 6.23. The molecule has 0 saturated carbocycles. The van der Waals surface area contributed by atoms with Crippen LogP contribution in [0.3, 0.4) is 0 Å². The van der Waals surface area contributed by atoms with Gasteiger partial charge in [0.15, 0.2) is 0 Å². The first-order valence-corrected chi connectivity index (χ1v) is 6.06. The van der Waals surface area contributed by atoms with Gasteiger partial charge in [-0.05, 0) is 0 Å².